The van der Waals surface area contributed by atoms with E-state index in [4.69, 9.17) is 0 Å². The molecule has 2 aromatic carbocycles. The molecule has 0 aromatic heterocycles. The molecule has 0 aliphatic carbocycles. The average molecular weight is 469 g/mol. The molecule has 0 N–H and O–H groups in total. The van der Waals surface area contributed by atoms with Crippen LogP contribution in [0.5, 0.6) is 0 Å². The van der Waals surface area contributed by atoms with Gasteiger partial charge in [0.15, 0.2) is 0 Å². The van der Waals surface area contributed by atoms with Gasteiger partial charge in [-0.1, -0.05) is 12.1 Å². The van der Waals surface area contributed by atoms with Crippen LogP contribution in [0.2, 0.25) is 0 Å². The fourth-order valence-corrected chi connectivity index (χ4v) is 3.68. The molecule has 2 aromatic rings. The standard InChI is InChI=1S/C18H17FIN3O3/c19-14-4-5-16(17(20)11-14)18(24)22-8-6-21(7-9-22)12-13-2-1-3-15(10-13)23(25)26/h1-5,10-11H,6-9,12H2. The van der Waals surface area contributed by atoms with Gasteiger partial charge < -0.3 is 4.90 Å². The highest BCUT2D eigenvalue weighted by atomic mass is 127. The normalized spacial score (nSPS) is 15.1. The van der Waals surface area contributed by atoms with Gasteiger partial charge in [0.1, 0.15) is 5.82 Å². The van der Waals surface area contributed by atoms with Crippen LogP contribution in [0.3, 0.4) is 0 Å². The maximum Gasteiger partial charge on any atom is 0.269 e. The third kappa shape index (κ3) is 4.36. The van der Waals surface area contributed by atoms with Crippen LogP contribution >= 0.6 is 22.6 Å². The Kier molecular flexibility index (Phi) is 5.82. The van der Waals surface area contributed by atoms with E-state index in [0.29, 0.717) is 41.9 Å². The van der Waals surface area contributed by atoms with Crippen LogP contribution in [-0.2, 0) is 6.54 Å². The van der Waals surface area contributed by atoms with Crippen LogP contribution in [0.25, 0.3) is 0 Å². The summed E-state index contributed by atoms with van der Waals surface area (Å²) in [5.41, 5.74) is 1.48. The fraction of sp³-hybridized carbons (Fsp3) is 0.278. The van der Waals surface area contributed by atoms with Gasteiger partial charge in [0.05, 0.1) is 10.5 Å². The Hall–Kier alpha value is -2.07. The third-order valence-corrected chi connectivity index (χ3v) is 5.24. The zero-order valence-electron chi connectivity index (χ0n) is 13.9. The first-order valence-electron chi connectivity index (χ1n) is 8.14. The maximum absolute atomic E-state index is 13.2. The van der Waals surface area contributed by atoms with E-state index in [1.165, 1.54) is 24.3 Å². The minimum absolute atomic E-state index is 0.0854. The molecule has 1 amide bonds. The monoisotopic (exact) mass is 469 g/mol. The topological polar surface area (TPSA) is 66.7 Å². The number of halogens is 2. The molecule has 8 heteroatoms. The molecule has 0 saturated carbocycles. The predicted molar refractivity (Wildman–Crippen MR) is 103 cm³/mol. The zero-order valence-corrected chi connectivity index (χ0v) is 16.1. The van der Waals surface area contributed by atoms with Crippen LogP contribution < -0.4 is 0 Å². The Morgan fingerprint density at radius 2 is 1.88 bits per heavy atom. The smallest absolute Gasteiger partial charge is 0.269 e. The van der Waals surface area contributed by atoms with E-state index in [0.717, 1.165) is 5.56 Å². The van der Waals surface area contributed by atoms with Crippen LogP contribution in [0.4, 0.5) is 10.1 Å². The van der Waals surface area contributed by atoms with Crippen molar-refractivity contribution in [2.24, 2.45) is 0 Å². The second-order valence-corrected chi connectivity index (χ2v) is 7.28. The summed E-state index contributed by atoms with van der Waals surface area (Å²) in [4.78, 5) is 27.0. The minimum atomic E-state index is -0.398. The first kappa shape index (κ1) is 18.7. The van der Waals surface area contributed by atoms with Crippen molar-refractivity contribution in [1.82, 2.24) is 9.80 Å². The summed E-state index contributed by atoms with van der Waals surface area (Å²) in [7, 11) is 0. The molecule has 136 valence electrons. The number of nitrogens with zero attached hydrogens (tertiary/aromatic N) is 3. The number of hydrogen-bond acceptors (Lipinski definition) is 4. The first-order chi connectivity index (χ1) is 12.4. The number of carbonyl (C=O) groups excluding carboxylic acids is 1. The number of nitro groups is 1. The van der Waals surface area contributed by atoms with E-state index >= 15 is 0 Å². The lowest BCUT2D eigenvalue weighted by Crippen LogP contribution is -2.48. The number of carbonyl (C=O) groups is 1. The lowest BCUT2D eigenvalue weighted by molar-refractivity contribution is -0.384. The number of non-ortho nitro benzene ring substituents is 1. The van der Waals surface area contributed by atoms with Crippen molar-refractivity contribution >= 4 is 34.2 Å². The Morgan fingerprint density at radius 1 is 1.15 bits per heavy atom. The molecule has 1 fully saturated rings. The van der Waals surface area contributed by atoms with Crippen molar-refractivity contribution in [3.63, 3.8) is 0 Å². The largest absolute Gasteiger partial charge is 0.336 e. The Morgan fingerprint density at radius 3 is 2.54 bits per heavy atom. The van der Waals surface area contributed by atoms with E-state index in [2.05, 4.69) is 4.90 Å². The van der Waals surface area contributed by atoms with E-state index in [1.54, 1.807) is 17.0 Å². The van der Waals surface area contributed by atoms with Crippen molar-refractivity contribution in [1.29, 1.82) is 0 Å². The quantitative estimate of drug-likeness (QED) is 0.392. The summed E-state index contributed by atoms with van der Waals surface area (Å²) < 4.78 is 13.8. The molecular weight excluding hydrogens is 452 g/mol. The van der Waals surface area contributed by atoms with E-state index in [9.17, 15) is 19.3 Å². The molecular formula is C18H17FIN3O3. The lowest BCUT2D eigenvalue weighted by Gasteiger charge is -2.35. The molecule has 0 bridgehead atoms. The zero-order chi connectivity index (χ0) is 18.7. The highest BCUT2D eigenvalue weighted by Gasteiger charge is 2.23. The number of hydrogen-bond donors (Lipinski definition) is 0. The molecule has 0 spiro atoms. The van der Waals surface area contributed by atoms with Gasteiger partial charge in [-0.3, -0.25) is 19.8 Å². The van der Waals surface area contributed by atoms with Crippen LogP contribution in [0.15, 0.2) is 42.5 Å². The van der Waals surface area contributed by atoms with Gasteiger partial charge in [0.2, 0.25) is 0 Å². The van der Waals surface area contributed by atoms with Crippen molar-refractivity contribution in [3.8, 4) is 0 Å². The van der Waals surface area contributed by atoms with E-state index in [1.807, 2.05) is 28.7 Å². The molecule has 3 rings (SSSR count). The SMILES string of the molecule is O=C(c1ccc(F)cc1I)N1CCN(Cc2cccc([N+](=O)[O-])c2)CC1. The fourth-order valence-electron chi connectivity index (χ4n) is 2.97. The highest BCUT2D eigenvalue weighted by Crippen LogP contribution is 2.19. The molecule has 0 atom stereocenters. The van der Waals surface area contributed by atoms with E-state index < -0.39 is 4.92 Å². The number of amides is 1. The third-order valence-electron chi connectivity index (χ3n) is 4.35. The molecule has 1 saturated heterocycles. The predicted octanol–water partition coefficient (Wildman–Crippen LogP) is 3.30. The Bertz CT molecular complexity index is 838. The van der Waals surface area contributed by atoms with Crippen LogP contribution in [-0.4, -0.2) is 46.8 Å². The summed E-state index contributed by atoms with van der Waals surface area (Å²) in [5, 5.41) is 10.9. The molecule has 26 heavy (non-hydrogen) atoms. The Labute approximate surface area is 163 Å². The first-order valence-corrected chi connectivity index (χ1v) is 9.22. The summed E-state index contributed by atoms with van der Waals surface area (Å²) in [6.45, 7) is 3.12. The molecule has 1 heterocycles. The van der Waals surface area contributed by atoms with Gasteiger partial charge in [0.25, 0.3) is 11.6 Å². The van der Waals surface area contributed by atoms with Crippen LogP contribution in [0, 0.1) is 19.5 Å². The lowest BCUT2D eigenvalue weighted by atomic mass is 10.1. The minimum Gasteiger partial charge on any atom is -0.336 e. The molecule has 0 unspecified atom stereocenters. The number of benzene rings is 2. The van der Waals surface area contributed by atoms with Gasteiger partial charge in [-0.2, -0.15) is 0 Å². The van der Waals surface area contributed by atoms with Gasteiger partial charge in [0, 0.05) is 48.4 Å². The van der Waals surface area contributed by atoms with E-state index in [-0.39, 0.29) is 17.4 Å². The highest BCUT2D eigenvalue weighted by molar-refractivity contribution is 14.1. The number of piperazine rings is 1. The van der Waals surface area contributed by atoms with Crippen molar-refractivity contribution < 1.29 is 14.1 Å². The average Bonchev–Trinajstić information content (AvgIpc) is 2.62. The van der Waals surface area contributed by atoms with Gasteiger partial charge in [-0.25, -0.2) is 4.39 Å². The van der Waals surface area contributed by atoms with Gasteiger partial charge >= 0.3 is 0 Å². The molecule has 1 aliphatic heterocycles. The van der Waals surface area contributed by atoms with Gasteiger partial charge in [-0.15, -0.1) is 0 Å². The second-order valence-electron chi connectivity index (χ2n) is 6.12. The number of nitro benzene ring substituents is 1. The second kappa shape index (κ2) is 8.09. The number of rotatable bonds is 4. The van der Waals surface area contributed by atoms with Crippen molar-refractivity contribution in [2.75, 3.05) is 26.2 Å². The van der Waals surface area contributed by atoms with Crippen LogP contribution in [0.1, 0.15) is 15.9 Å². The van der Waals surface area contributed by atoms with Gasteiger partial charge in [-0.05, 0) is 46.4 Å². The summed E-state index contributed by atoms with van der Waals surface area (Å²) in [6.07, 6.45) is 0. The molecule has 1 aliphatic rings. The molecule has 6 nitrogen and oxygen atoms in total. The Balaban J connectivity index is 1.59. The van der Waals surface area contributed by atoms with Crippen molar-refractivity contribution in [3.05, 3.63) is 73.1 Å². The summed E-state index contributed by atoms with van der Waals surface area (Å²) in [5.74, 6) is -0.447. The summed E-state index contributed by atoms with van der Waals surface area (Å²) >= 11 is 1.97. The van der Waals surface area contributed by atoms with Crippen molar-refractivity contribution in [2.45, 2.75) is 6.54 Å². The molecule has 0 radical (unpaired) electrons. The summed E-state index contributed by atoms with van der Waals surface area (Å²) in [6, 6.07) is 10.8. The maximum atomic E-state index is 13.2.